The van der Waals surface area contributed by atoms with Crippen molar-refractivity contribution in [2.75, 3.05) is 5.73 Å². The van der Waals surface area contributed by atoms with Gasteiger partial charge in [-0.2, -0.15) is 5.10 Å². The lowest BCUT2D eigenvalue weighted by atomic mass is 10.1. The molecule has 0 radical (unpaired) electrons. The Morgan fingerprint density at radius 1 is 1.25 bits per heavy atom. The monoisotopic (exact) mass is 429 g/mol. The van der Waals surface area contributed by atoms with Crippen LogP contribution in [0.1, 0.15) is 28.9 Å². The maximum Gasteiger partial charge on any atom is 0.255 e. The fraction of sp³-hybridized carbons (Fsp3) is 0.130. The van der Waals surface area contributed by atoms with Crippen LogP contribution < -0.4 is 11.1 Å². The van der Waals surface area contributed by atoms with E-state index in [4.69, 9.17) is 5.73 Å². The van der Waals surface area contributed by atoms with E-state index in [1.165, 1.54) is 12.1 Å². The third-order valence-corrected chi connectivity index (χ3v) is 5.44. The number of anilines is 1. The molecule has 1 atom stereocenters. The Hall–Kier alpha value is -4.27. The molecule has 0 bridgehead atoms. The molecule has 2 aromatic carbocycles. The van der Waals surface area contributed by atoms with E-state index in [2.05, 4.69) is 25.4 Å². The molecule has 0 aliphatic carbocycles. The number of nitrogens with one attached hydrogen (secondary N) is 2. The van der Waals surface area contributed by atoms with E-state index in [-0.39, 0.29) is 17.8 Å². The van der Waals surface area contributed by atoms with Gasteiger partial charge in [-0.05, 0) is 42.8 Å². The summed E-state index contributed by atoms with van der Waals surface area (Å²) in [5.41, 5.74) is 10.4. The summed E-state index contributed by atoms with van der Waals surface area (Å²) in [5.74, 6) is -0.627. The van der Waals surface area contributed by atoms with E-state index in [1.54, 1.807) is 36.3 Å². The van der Waals surface area contributed by atoms with Gasteiger partial charge in [-0.3, -0.25) is 9.48 Å². The quantitative estimate of drug-likeness (QED) is 0.377. The number of carbonyl (C=O) groups is 1. The van der Waals surface area contributed by atoms with Crippen molar-refractivity contribution in [3.8, 4) is 11.4 Å². The molecule has 0 saturated carbocycles. The first-order chi connectivity index (χ1) is 15.4. The van der Waals surface area contributed by atoms with Crippen molar-refractivity contribution in [1.82, 2.24) is 30.0 Å². The number of aromatic amines is 1. The first kappa shape index (κ1) is 19.7. The van der Waals surface area contributed by atoms with Crippen LogP contribution in [-0.4, -0.2) is 30.6 Å². The Morgan fingerprint density at radius 2 is 2.09 bits per heavy atom. The number of carbonyl (C=O) groups excluding carboxylic acids is 1. The van der Waals surface area contributed by atoms with Crippen LogP contribution in [0.4, 0.5) is 10.1 Å². The number of fused-ring (bicyclic) bond motifs is 2. The Kier molecular flexibility index (Phi) is 4.58. The average Bonchev–Trinajstić information content (AvgIpc) is 3.34. The van der Waals surface area contributed by atoms with E-state index in [1.807, 2.05) is 25.1 Å². The number of nitrogens with zero attached hydrogens (tertiary/aromatic N) is 4. The second-order valence-corrected chi connectivity index (χ2v) is 7.65. The number of amides is 1. The van der Waals surface area contributed by atoms with Crippen LogP contribution in [0.5, 0.6) is 0 Å². The van der Waals surface area contributed by atoms with Gasteiger partial charge < -0.3 is 16.0 Å². The molecular weight excluding hydrogens is 409 g/mol. The molecule has 0 fully saturated rings. The van der Waals surface area contributed by atoms with Gasteiger partial charge in [0.2, 0.25) is 0 Å². The molecule has 32 heavy (non-hydrogen) atoms. The van der Waals surface area contributed by atoms with Gasteiger partial charge in [-0.25, -0.2) is 14.4 Å². The summed E-state index contributed by atoms with van der Waals surface area (Å²) in [6.07, 6.45) is 3.17. The van der Waals surface area contributed by atoms with Crippen molar-refractivity contribution in [2.45, 2.75) is 13.0 Å². The highest BCUT2D eigenvalue weighted by molar-refractivity contribution is 6.05. The molecule has 0 aliphatic rings. The summed E-state index contributed by atoms with van der Waals surface area (Å²) in [7, 11) is 1.74. The van der Waals surface area contributed by atoms with E-state index >= 15 is 0 Å². The van der Waals surface area contributed by atoms with Gasteiger partial charge in [-0.1, -0.05) is 12.1 Å². The molecule has 5 rings (SSSR count). The number of aryl methyl sites for hydroxylation is 1. The highest BCUT2D eigenvalue weighted by Gasteiger charge is 2.19. The Balaban J connectivity index is 1.51. The van der Waals surface area contributed by atoms with Crippen LogP contribution in [0.15, 0.2) is 54.9 Å². The summed E-state index contributed by atoms with van der Waals surface area (Å²) in [6, 6.07) is 11.6. The fourth-order valence-electron chi connectivity index (χ4n) is 3.78. The van der Waals surface area contributed by atoms with Crippen molar-refractivity contribution >= 4 is 33.7 Å². The van der Waals surface area contributed by atoms with Crippen LogP contribution in [0.25, 0.3) is 33.5 Å². The van der Waals surface area contributed by atoms with E-state index in [9.17, 15) is 9.18 Å². The van der Waals surface area contributed by atoms with Crippen LogP contribution in [0.2, 0.25) is 0 Å². The van der Waals surface area contributed by atoms with Crippen molar-refractivity contribution < 1.29 is 9.18 Å². The molecule has 9 heteroatoms. The lowest BCUT2D eigenvalue weighted by molar-refractivity contribution is 0.0941. The predicted octanol–water partition coefficient (Wildman–Crippen LogP) is 3.72. The normalized spacial score (nSPS) is 12.3. The number of halogens is 1. The Labute approximate surface area is 182 Å². The number of H-pyrrole nitrogens is 1. The van der Waals surface area contributed by atoms with Crippen LogP contribution >= 0.6 is 0 Å². The molecule has 1 amide bonds. The molecular formula is C23H20FN7O. The third-order valence-electron chi connectivity index (χ3n) is 5.44. The Bertz CT molecular complexity index is 1490. The molecule has 0 aliphatic heterocycles. The first-order valence-corrected chi connectivity index (χ1v) is 10.0. The maximum absolute atomic E-state index is 13.7. The van der Waals surface area contributed by atoms with Crippen molar-refractivity contribution in [3.05, 3.63) is 71.8 Å². The molecule has 0 saturated heterocycles. The van der Waals surface area contributed by atoms with Gasteiger partial charge in [0.25, 0.3) is 5.91 Å². The summed E-state index contributed by atoms with van der Waals surface area (Å²) in [6.45, 7) is 1.89. The standard InChI is InChI=1S/C23H20FN7O/c1-12(13-4-3-5-15(25)8-13)28-23(32)17-10-26-22-21(17)29-18(11-27-22)20-16-7-6-14(24)9-19(16)31(2)30-20/h3-12H,25H2,1-2H3,(H,26,27)(H,28,32)/t12-/m1/s1. The maximum atomic E-state index is 13.7. The summed E-state index contributed by atoms with van der Waals surface area (Å²) in [5, 5.41) is 8.21. The van der Waals surface area contributed by atoms with Gasteiger partial charge in [0, 0.05) is 24.3 Å². The number of nitrogens with two attached hydrogens (primary N) is 1. The molecule has 5 aromatic rings. The smallest absolute Gasteiger partial charge is 0.255 e. The summed E-state index contributed by atoms with van der Waals surface area (Å²) in [4.78, 5) is 25.1. The van der Waals surface area contributed by atoms with Gasteiger partial charge >= 0.3 is 0 Å². The molecule has 8 nitrogen and oxygen atoms in total. The highest BCUT2D eigenvalue weighted by atomic mass is 19.1. The van der Waals surface area contributed by atoms with E-state index in [0.717, 1.165) is 10.9 Å². The minimum Gasteiger partial charge on any atom is -0.399 e. The van der Waals surface area contributed by atoms with Gasteiger partial charge in [0.1, 0.15) is 22.7 Å². The SMILES string of the molecule is C[C@@H](NC(=O)c1c[nH]c2ncc(-c3nn(C)c4cc(F)ccc34)nc12)c1cccc(N)c1. The zero-order valence-electron chi connectivity index (χ0n) is 17.4. The number of nitrogen functional groups attached to an aromatic ring is 1. The topological polar surface area (TPSA) is 115 Å². The second-order valence-electron chi connectivity index (χ2n) is 7.65. The molecule has 0 unspecified atom stereocenters. The third kappa shape index (κ3) is 3.33. The highest BCUT2D eigenvalue weighted by Crippen LogP contribution is 2.28. The minimum atomic E-state index is -0.340. The predicted molar refractivity (Wildman–Crippen MR) is 120 cm³/mol. The number of hydrogen-bond donors (Lipinski definition) is 3. The van der Waals surface area contributed by atoms with Gasteiger partial charge in [0.05, 0.1) is 23.3 Å². The number of rotatable bonds is 4. The van der Waals surface area contributed by atoms with Crippen LogP contribution in [-0.2, 0) is 7.05 Å². The van der Waals surface area contributed by atoms with E-state index in [0.29, 0.717) is 39.3 Å². The van der Waals surface area contributed by atoms with Gasteiger partial charge in [0.15, 0.2) is 5.65 Å². The lowest BCUT2D eigenvalue weighted by Crippen LogP contribution is -2.26. The fourth-order valence-corrected chi connectivity index (χ4v) is 3.78. The van der Waals surface area contributed by atoms with Crippen LogP contribution in [0.3, 0.4) is 0 Å². The first-order valence-electron chi connectivity index (χ1n) is 10.0. The molecule has 4 N–H and O–H groups in total. The van der Waals surface area contributed by atoms with Crippen molar-refractivity contribution in [2.24, 2.45) is 7.05 Å². The van der Waals surface area contributed by atoms with E-state index < -0.39 is 0 Å². The molecule has 3 aromatic heterocycles. The number of hydrogen-bond acceptors (Lipinski definition) is 5. The summed E-state index contributed by atoms with van der Waals surface area (Å²) < 4.78 is 15.3. The second kappa shape index (κ2) is 7.45. The minimum absolute atomic E-state index is 0.248. The number of aromatic nitrogens is 5. The number of benzene rings is 2. The average molecular weight is 429 g/mol. The van der Waals surface area contributed by atoms with Crippen LogP contribution in [0, 0.1) is 5.82 Å². The molecule has 160 valence electrons. The largest absolute Gasteiger partial charge is 0.399 e. The van der Waals surface area contributed by atoms with Crippen molar-refractivity contribution in [3.63, 3.8) is 0 Å². The summed E-state index contributed by atoms with van der Waals surface area (Å²) >= 11 is 0. The van der Waals surface area contributed by atoms with Crippen molar-refractivity contribution in [1.29, 1.82) is 0 Å². The molecule has 0 spiro atoms. The molecule has 3 heterocycles. The zero-order valence-corrected chi connectivity index (χ0v) is 17.4. The van der Waals surface area contributed by atoms with Gasteiger partial charge in [-0.15, -0.1) is 0 Å². The lowest BCUT2D eigenvalue weighted by Gasteiger charge is -2.14. The Morgan fingerprint density at radius 3 is 2.91 bits per heavy atom. The zero-order chi connectivity index (χ0) is 22.4.